The van der Waals surface area contributed by atoms with E-state index >= 15 is 0 Å². The molecule has 0 unspecified atom stereocenters. The SMILES string of the molecule is CCC1(CNc2nc(Cl)c(Cl)cc2Cl)CCC1. The number of pyridine rings is 1. The van der Waals surface area contributed by atoms with Gasteiger partial charge in [-0.2, -0.15) is 0 Å². The quantitative estimate of drug-likeness (QED) is 0.787. The van der Waals surface area contributed by atoms with Crippen LogP contribution in [-0.4, -0.2) is 11.5 Å². The van der Waals surface area contributed by atoms with Crippen LogP contribution in [0.3, 0.4) is 0 Å². The second kappa shape index (κ2) is 5.21. The Balaban J connectivity index is 2.06. The Labute approximate surface area is 117 Å². The molecule has 0 aromatic carbocycles. The lowest BCUT2D eigenvalue weighted by atomic mass is 9.67. The van der Waals surface area contributed by atoms with Crippen LogP contribution >= 0.6 is 34.8 Å². The standard InChI is InChI=1S/C12H15Cl3N2/c1-2-12(4-3-5-12)7-16-11-9(14)6-8(13)10(15)17-11/h6H,2-5,7H2,1H3,(H,16,17). The first-order chi connectivity index (χ1) is 8.06. The zero-order chi connectivity index (χ0) is 12.5. The third-order valence-corrected chi connectivity index (χ3v) is 4.64. The molecule has 0 bridgehead atoms. The fourth-order valence-corrected chi connectivity index (χ4v) is 2.74. The number of halogens is 3. The van der Waals surface area contributed by atoms with Crippen LogP contribution in [0.1, 0.15) is 32.6 Å². The molecule has 1 aromatic heterocycles. The van der Waals surface area contributed by atoms with Crippen LogP contribution in [0.2, 0.25) is 15.2 Å². The van der Waals surface area contributed by atoms with Crippen molar-refractivity contribution in [3.8, 4) is 0 Å². The topological polar surface area (TPSA) is 24.9 Å². The molecule has 1 fully saturated rings. The number of rotatable bonds is 4. The van der Waals surface area contributed by atoms with Crippen LogP contribution < -0.4 is 5.32 Å². The van der Waals surface area contributed by atoms with Gasteiger partial charge in [-0.05, 0) is 30.7 Å². The van der Waals surface area contributed by atoms with E-state index in [0.717, 1.165) is 6.54 Å². The van der Waals surface area contributed by atoms with Gasteiger partial charge in [0.15, 0.2) is 0 Å². The molecule has 1 aromatic rings. The fraction of sp³-hybridized carbons (Fsp3) is 0.583. The van der Waals surface area contributed by atoms with Gasteiger partial charge in [0, 0.05) is 6.54 Å². The summed E-state index contributed by atoms with van der Waals surface area (Å²) in [6.45, 7) is 3.12. The molecule has 1 N–H and O–H groups in total. The lowest BCUT2D eigenvalue weighted by Gasteiger charge is -2.41. The summed E-state index contributed by atoms with van der Waals surface area (Å²) < 4.78 is 0. The maximum atomic E-state index is 6.07. The highest BCUT2D eigenvalue weighted by Gasteiger charge is 2.34. The van der Waals surface area contributed by atoms with Crippen molar-refractivity contribution in [2.45, 2.75) is 32.6 Å². The van der Waals surface area contributed by atoms with E-state index in [1.165, 1.54) is 25.7 Å². The average molecular weight is 294 g/mol. The smallest absolute Gasteiger partial charge is 0.150 e. The molecule has 1 aliphatic carbocycles. The van der Waals surface area contributed by atoms with Gasteiger partial charge < -0.3 is 5.32 Å². The molecular formula is C12H15Cl3N2. The van der Waals surface area contributed by atoms with Crippen molar-refractivity contribution in [3.05, 3.63) is 21.3 Å². The fourth-order valence-electron chi connectivity index (χ4n) is 2.17. The van der Waals surface area contributed by atoms with Gasteiger partial charge in [0.2, 0.25) is 0 Å². The van der Waals surface area contributed by atoms with Crippen molar-refractivity contribution in [3.63, 3.8) is 0 Å². The molecule has 1 heterocycles. The predicted octanol–water partition coefficient (Wildman–Crippen LogP) is 5.03. The van der Waals surface area contributed by atoms with Crippen molar-refractivity contribution in [1.82, 2.24) is 4.98 Å². The van der Waals surface area contributed by atoms with Crippen LogP contribution in [0.15, 0.2) is 6.07 Å². The second-order valence-electron chi connectivity index (χ2n) is 4.65. The van der Waals surface area contributed by atoms with E-state index < -0.39 is 0 Å². The molecular weight excluding hydrogens is 279 g/mol. The Bertz CT molecular complexity index is 411. The van der Waals surface area contributed by atoms with Crippen molar-refractivity contribution in [1.29, 1.82) is 0 Å². The third-order valence-electron chi connectivity index (χ3n) is 3.68. The molecule has 5 heteroatoms. The number of nitrogens with one attached hydrogen (secondary N) is 1. The summed E-state index contributed by atoms with van der Waals surface area (Å²) >= 11 is 17.8. The molecule has 2 rings (SSSR count). The summed E-state index contributed by atoms with van der Waals surface area (Å²) in [7, 11) is 0. The highest BCUT2D eigenvalue weighted by Crippen LogP contribution is 2.44. The van der Waals surface area contributed by atoms with Crippen LogP contribution in [0.4, 0.5) is 5.82 Å². The maximum absolute atomic E-state index is 6.07. The normalized spacial score (nSPS) is 17.6. The van der Waals surface area contributed by atoms with Gasteiger partial charge in [-0.1, -0.05) is 48.1 Å². The number of hydrogen-bond acceptors (Lipinski definition) is 2. The highest BCUT2D eigenvalue weighted by molar-refractivity contribution is 6.42. The molecule has 0 radical (unpaired) electrons. The second-order valence-corrected chi connectivity index (χ2v) is 5.82. The molecule has 0 aliphatic heterocycles. The maximum Gasteiger partial charge on any atom is 0.150 e. The van der Waals surface area contributed by atoms with E-state index in [9.17, 15) is 0 Å². The van der Waals surface area contributed by atoms with E-state index in [1.54, 1.807) is 6.07 Å². The first-order valence-electron chi connectivity index (χ1n) is 5.82. The van der Waals surface area contributed by atoms with Gasteiger partial charge in [-0.25, -0.2) is 4.98 Å². The van der Waals surface area contributed by atoms with Crippen LogP contribution in [-0.2, 0) is 0 Å². The Hall–Kier alpha value is -0.180. The Morgan fingerprint density at radius 2 is 2.00 bits per heavy atom. The van der Waals surface area contributed by atoms with Crippen molar-refractivity contribution < 1.29 is 0 Å². The zero-order valence-corrected chi connectivity index (χ0v) is 12.0. The summed E-state index contributed by atoms with van der Waals surface area (Å²) in [5.41, 5.74) is 0.414. The molecule has 1 saturated carbocycles. The molecule has 0 atom stereocenters. The van der Waals surface area contributed by atoms with E-state index in [-0.39, 0.29) is 5.15 Å². The first-order valence-corrected chi connectivity index (χ1v) is 6.95. The number of aromatic nitrogens is 1. The van der Waals surface area contributed by atoms with Gasteiger partial charge in [0.25, 0.3) is 0 Å². The first kappa shape index (κ1) is 13.3. The average Bonchev–Trinajstić information content (AvgIpc) is 2.24. The van der Waals surface area contributed by atoms with Crippen LogP contribution in [0.25, 0.3) is 0 Å². The zero-order valence-electron chi connectivity index (χ0n) is 9.69. The molecule has 0 spiro atoms. The number of anilines is 1. The van der Waals surface area contributed by atoms with Crippen LogP contribution in [0, 0.1) is 5.41 Å². The predicted molar refractivity (Wildman–Crippen MR) is 74.3 cm³/mol. The summed E-state index contributed by atoms with van der Waals surface area (Å²) in [6.07, 6.45) is 5.04. The minimum absolute atomic E-state index is 0.290. The van der Waals surface area contributed by atoms with Gasteiger partial charge in [0.1, 0.15) is 11.0 Å². The number of hydrogen-bond donors (Lipinski definition) is 1. The Morgan fingerprint density at radius 1 is 1.29 bits per heavy atom. The highest BCUT2D eigenvalue weighted by atomic mass is 35.5. The summed E-state index contributed by atoms with van der Waals surface area (Å²) in [5, 5.41) is 4.48. The molecule has 0 saturated heterocycles. The minimum Gasteiger partial charge on any atom is -0.368 e. The largest absolute Gasteiger partial charge is 0.368 e. The lowest BCUT2D eigenvalue weighted by Crippen LogP contribution is -2.36. The third kappa shape index (κ3) is 2.81. The van der Waals surface area contributed by atoms with Crippen molar-refractivity contribution in [2.24, 2.45) is 5.41 Å². The van der Waals surface area contributed by atoms with E-state index in [4.69, 9.17) is 34.8 Å². The Morgan fingerprint density at radius 3 is 2.53 bits per heavy atom. The number of nitrogens with zero attached hydrogens (tertiary/aromatic N) is 1. The molecule has 2 nitrogen and oxygen atoms in total. The van der Waals surface area contributed by atoms with Crippen LogP contribution in [0.5, 0.6) is 0 Å². The van der Waals surface area contributed by atoms with Crippen molar-refractivity contribution in [2.75, 3.05) is 11.9 Å². The van der Waals surface area contributed by atoms with Gasteiger partial charge in [-0.15, -0.1) is 0 Å². The summed E-state index contributed by atoms with van der Waals surface area (Å²) in [5.74, 6) is 0.626. The van der Waals surface area contributed by atoms with Gasteiger partial charge in [0.05, 0.1) is 10.0 Å². The lowest BCUT2D eigenvalue weighted by molar-refractivity contribution is 0.145. The van der Waals surface area contributed by atoms with Crippen molar-refractivity contribution >= 4 is 40.6 Å². The molecule has 0 amide bonds. The molecule has 94 valence electrons. The summed E-state index contributed by atoms with van der Waals surface area (Å²) in [6, 6.07) is 1.63. The summed E-state index contributed by atoms with van der Waals surface area (Å²) in [4.78, 5) is 4.16. The van der Waals surface area contributed by atoms with E-state index in [0.29, 0.717) is 21.3 Å². The Kier molecular flexibility index (Phi) is 4.06. The molecule has 1 aliphatic rings. The van der Waals surface area contributed by atoms with E-state index in [2.05, 4.69) is 17.2 Å². The van der Waals surface area contributed by atoms with Gasteiger partial charge in [-0.3, -0.25) is 0 Å². The van der Waals surface area contributed by atoms with E-state index in [1.807, 2.05) is 0 Å². The monoisotopic (exact) mass is 292 g/mol. The van der Waals surface area contributed by atoms with Gasteiger partial charge >= 0.3 is 0 Å². The minimum atomic E-state index is 0.290. The molecule has 17 heavy (non-hydrogen) atoms.